The largest absolute Gasteiger partial charge is 0.463 e. The Morgan fingerprint density at radius 3 is 2.94 bits per heavy atom. The van der Waals surface area contributed by atoms with Gasteiger partial charge in [-0.25, -0.2) is 18.9 Å². The van der Waals surface area contributed by atoms with Crippen molar-refractivity contribution in [3.8, 4) is 5.69 Å². The Morgan fingerprint density at radius 2 is 2.28 bits per heavy atom. The van der Waals surface area contributed by atoms with Crippen LogP contribution in [0.1, 0.15) is 10.6 Å². The van der Waals surface area contributed by atoms with Crippen molar-refractivity contribution in [1.82, 2.24) is 14.8 Å². The number of nitrogens with two attached hydrogens (primary N) is 1. The normalized spacial score (nSPS) is 10.4. The lowest BCUT2D eigenvalue weighted by Gasteiger charge is -2.06. The highest BCUT2D eigenvalue weighted by atomic mass is 127. The number of hydrogen-bond donors (Lipinski definition) is 1. The van der Waals surface area contributed by atoms with Gasteiger partial charge in [-0.3, -0.25) is 0 Å². The molecule has 0 atom stereocenters. The van der Waals surface area contributed by atoms with Gasteiger partial charge in [0.05, 0.1) is 22.1 Å². The number of nitrogens with zero attached hydrogens (tertiary/aromatic N) is 3. The maximum absolute atomic E-state index is 13.5. The van der Waals surface area contributed by atoms with E-state index in [1.165, 1.54) is 30.3 Å². The number of carbonyl (C=O) groups is 1. The number of anilines is 1. The van der Waals surface area contributed by atoms with Crippen molar-refractivity contribution in [2.75, 3.05) is 12.8 Å². The second-order valence-corrected chi connectivity index (χ2v) is 4.49. The molecule has 18 heavy (non-hydrogen) atoms. The zero-order valence-electron chi connectivity index (χ0n) is 9.22. The van der Waals surface area contributed by atoms with Gasteiger partial charge >= 0.3 is 5.97 Å². The van der Waals surface area contributed by atoms with Gasteiger partial charge in [-0.05, 0) is 28.7 Å². The molecule has 0 saturated heterocycles. The van der Waals surface area contributed by atoms with E-state index >= 15 is 0 Å². The highest BCUT2D eigenvalue weighted by Crippen LogP contribution is 2.22. The number of aromatic nitrogens is 3. The third-order valence-corrected chi connectivity index (χ3v) is 3.00. The van der Waals surface area contributed by atoms with E-state index in [1.807, 2.05) is 22.6 Å². The first-order valence-corrected chi connectivity index (χ1v) is 5.85. The van der Waals surface area contributed by atoms with Crippen molar-refractivity contribution in [3.63, 3.8) is 0 Å². The summed E-state index contributed by atoms with van der Waals surface area (Å²) in [5.41, 5.74) is 6.41. The molecule has 8 heteroatoms. The summed E-state index contributed by atoms with van der Waals surface area (Å²) in [6, 6.07) is 2.71. The molecule has 94 valence electrons. The number of methoxy groups -OCH3 is 1. The van der Waals surface area contributed by atoms with Crippen molar-refractivity contribution in [1.29, 1.82) is 0 Å². The standard InChI is InChI=1S/C10H8FIN4O2/c1-18-10(17)9-14-4-16(15-9)8-2-5(11)6(12)3-7(8)13/h2-4H,13H2,1H3. The lowest BCUT2D eigenvalue weighted by Crippen LogP contribution is -2.06. The smallest absolute Gasteiger partial charge is 0.377 e. The van der Waals surface area contributed by atoms with Crippen molar-refractivity contribution in [2.24, 2.45) is 0 Å². The van der Waals surface area contributed by atoms with Gasteiger partial charge in [0.15, 0.2) is 0 Å². The number of hydrogen-bond acceptors (Lipinski definition) is 5. The zero-order valence-corrected chi connectivity index (χ0v) is 11.4. The molecule has 0 amide bonds. The van der Waals surface area contributed by atoms with Crippen LogP contribution < -0.4 is 5.73 Å². The minimum Gasteiger partial charge on any atom is -0.463 e. The van der Waals surface area contributed by atoms with Gasteiger partial charge in [0.2, 0.25) is 0 Å². The number of ether oxygens (including phenoxy) is 1. The summed E-state index contributed by atoms with van der Waals surface area (Å²) in [6.07, 6.45) is 1.27. The summed E-state index contributed by atoms with van der Waals surface area (Å²) in [6.45, 7) is 0. The van der Waals surface area contributed by atoms with Crippen LogP contribution >= 0.6 is 22.6 Å². The molecule has 0 spiro atoms. The van der Waals surface area contributed by atoms with Crippen LogP contribution in [0.15, 0.2) is 18.5 Å². The lowest BCUT2D eigenvalue weighted by atomic mass is 10.2. The first kappa shape index (κ1) is 12.7. The molecule has 0 radical (unpaired) electrons. The molecule has 2 N–H and O–H groups in total. The zero-order chi connectivity index (χ0) is 13.3. The van der Waals surface area contributed by atoms with Crippen LogP contribution in [-0.4, -0.2) is 27.8 Å². The highest BCUT2D eigenvalue weighted by Gasteiger charge is 2.14. The molecule has 0 fully saturated rings. The third-order valence-electron chi connectivity index (χ3n) is 2.18. The summed E-state index contributed by atoms with van der Waals surface area (Å²) in [5, 5.41) is 3.86. The van der Waals surface area contributed by atoms with E-state index < -0.39 is 11.8 Å². The van der Waals surface area contributed by atoms with E-state index in [4.69, 9.17) is 5.73 Å². The summed E-state index contributed by atoms with van der Waals surface area (Å²) in [7, 11) is 1.22. The van der Waals surface area contributed by atoms with E-state index in [-0.39, 0.29) is 5.82 Å². The van der Waals surface area contributed by atoms with Gasteiger partial charge < -0.3 is 10.5 Å². The number of halogens is 2. The Kier molecular flexibility index (Phi) is 3.45. The minimum atomic E-state index is -0.668. The van der Waals surface area contributed by atoms with E-state index in [9.17, 15) is 9.18 Å². The minimum absolute atomic E-state index is 0.115. The fraction of sp³-hybridized carbons (Fsp3) is 0.100. The van der Waals surface area contributed by atoms with Crippen molar-refractivity contribution in [2.45, 2.75) is 0 Å². The average Bonchev–Trinajstić information content (AvgIpc) is 2.82. The molecule has 0 saturated carbocycles. The molecule has 0 unspecified atom stereocenters. The Morgan fingerprint density at radius 1 is 1.56 bits per heavy atom. The second kappa shape index (κ2) is 4.88. The molecular formula is C10H8FIN4O2. The number of carbonyl (C=O) groups excluding carboxylic acids is 1. The van der Waals surface area contributed by atoms with Crippen LogP contribution in [0.2, 0.25) is 0 Å². The quantitative estimate of drug-likeness (QED) is 0.496. The first-order chi connectivity index (χ1) is 8.52. The summed E-state index contributed by atoms with van der Waals surface area (Å²) >= 11 is 1.83. The first-order valence-electron chi connectivity index (χ1n) is 4.78. The summed E-state index contributed by atoms with van der Waals surface area (Å²) in [4.78, 5) is 15.0. The molecule has 1 aromatic carbocycles. The predicted molar refractivity (Wildman–Crippen MR) is 69.8 cm³/mol. The van der Waals surface area contributed by atoms with Gasteiger partial charge in [-0.15, -0.1) is 5.10 Å². The van der Waals surface area contributed by atoms with Gasteiger partial charge in [-0.2, -0.15) is 0 Å². The Balaban J connectivity index is 2.46. The van der Waals surface area contributed by atoms with Crippen LogP contribution in [0.25, 0.3) is 5.69 Å². The van der Waals surface area contributed by atoms with E-state index in [2.05, 4.69) is 14.8 Å². The fourth-order valence-electron chi connectivity index (χ4n) is 1.31. The molecule has 2 aromatic rings. The fourth-order valence-corrected chi connectivity index (χ4v) is 1.81. The molecule has 1 heterocycles. The number of benzene rings is 1. The Labute approximate surface area is 115 Å². The predicted octanol–water partition coefficient (Wildman–Crippen LogP) is 1.38. The molecule has 6 nitrogen and oxygen atoms in total. The van der Waals surface area contributed by atoms with Crippen LogP contribution in [0.5, 0.6) is 0 Å². The highest BCUT2D eigenvalue weighted by molar-refractivity contribution is 14.1. The molecule has 1 aromatic heterocycles. The maximum atomic E-state index is 13.5. The number of esters is 1. The Bertz CT molecular complexity index is 614. The molecule has 0 aliphatic rings. The Hall–Kier alpha value is -1.71. The number of rotatable bonds is 2. The molecule has 0 aliphatic heterocycles. The van der Waals surface area contributed by atoms with Gasteiger partial charge in [-0.1, -0.05) is 0 Å². The van der Waals surface area contributed by atoms with Crippen LogP contribution in [-0.2, 0) is 4.74 Å². The van der Waals surface area contributed by atoms with Crippen molar-refractivity contribution in [3.05, 3.63) is 33.7 Å². The van der Waals surface area contributed by atoms with Crippen LogP contribution in [0, 0.1) is 9.39 Å². The monoisotopic (exact) mass is 362 g/mol. The molecule has 2 rings (SSSR count). The molecule has 0 bridgehead atoms. The number of nitrogen functional groups attached to an aromatic ring is 1. The molecule has 0 aliphatic carbocycles. The van der Waals surface area contributed by atoms with Gasteiger partial charge in [0, 0.05) is 6.07 Å². The average molecular weight is 362 g/mol. The maximum Gasteiger partial charge on any atom is 0.377 e. The van der Waals surface area contributed by atoms with Gasteiger partial charge in [0.25, 0.3) is 5.82 Å². The third kappa shape index (κ3) is 2.28. The topological polar surface area (TPSA) is 83.0 Å². The molecular weight excluding hydrogens is 354 g/mol. The van der Waals surface area contributed by atoms with Gasteiger partial charge in [0.1, 0.15) is 12.1 Å². The summed E-state index contributed by atoms with van der Waals surface area (Å²) in [5.74, 6) is -1.20. The van der Waals surface area contributed by atoms with E-state index in [0.29, 0.717) is 14.9 Å². The van der Waals surface area contributed by atoms with Crippen molar-refractivity contribution < 1.29 is 13.9 Å². The second-order valence-electron chi connectivity index (χ2n) is 3.33. The van der Waals surface area contributed by atoms with E-state index in [1.54, 1.807) is 0 Å². The van der Waals surface area contributed by atoms with E-state index in [0.717, 1.165) is 0 Å². The lowest BCUT2D eigenvalue weighted by molar-refractivity contribution is 0.0587. The summed E-state index contributed by atoms with van der Waals surface area (Å²) < 4.78 is 19.6. The SMILES string of the molecule is COC(=O)c1ncn(-c2cc(F)c(I)cc2N)n1. The van der Waals surface area contributed by atoms with Crippen molar-refractivity contribution >= 4 is 34.2 Å². The van der Waals surface area contributed by atoms with Crippen LogP contribution in [0.3, 0.4) is 0 Å². The van der Waals surface area contributed by atoms with Crippen LogP contribution in [0.4, 0.5) is 10.1 Å².